The molecule has 0 aliphatic carbocycles. The van der Waals surface area contributed by atoms with E-state index in [1.54, 1.807) is 6.07 Å². The van der Waals surface area contributed by atoms with Crippen LogP contribution in [0.3, 0.4) is 0 Å². The van der Waals surface area contributed by atoms with E-state index in [4.69, 9.17) is 4.74 Å². The Hall–Kier alpha value is -0.450. The molecule has 2 nitrogen and oxygen atoms in total. The molecule has 1 aromatic rings. The zero-order valence-electron chi connectivity index (χ0n) is 11.0. The molecule has 0 saturated heterocycles. The number of halogens is 2. The van der Waals surface area contributed by atoms with E-state index in [2.05, 4.69) is 35.1 Å². The summed E-state index contributed by atoms with van der Waals surface area (Å²) in [5, 5.41) is 3.33. The Balaban J connectivity index is 2.75. The Bertz CT molecular complexity index is 360. The summed E-state index contributed by atoms with van der Waals surface area (Å²) >= 11 is 3.38. The molecule has 18 heavy (non-hydrogen) atoms. The highest BCUT2D eigenvalue weighted by Gasteiger charge is 2.15. The van der Waals surface area contributed by atoms with Gasteiger partial charge >= 0.3 is 0 Å². The third-order valence-corrected chi connectivity index (χ3v) is 3.10. The first-order valence-corrected chi connectivity index (χ1v) is 7.24. The SMILES string of the molecule is CCCNC(COCCC)c1cc(Br)ccc1F. The number of benzene rings is 1. The third-order valence-electron chi connectivity index (χ3n) is 2.61. The molecular formula is C14H21BrFNO. The maximum absolute atomic E-state index is 13.8. The van der Waals surface area contributed by atoms with Crippen molar-refractivity contribution in [2.75, 3.05) is 19.8 Å². The van der Waals surface area contributed by atoms with Crippen molar-refractivity contribution >= 4 is 15.9 Å². The lowest BCUT2D eigenvalue weighted by Gasteiger charge is -2.20. The minimum absolute atomic E-state index is 0.0889. The van der Waals surface area contributed by atoms with Crippen molar-refractivity contribution in [3.8, 4) is 0 Å². The van der Waals surface area contributed by atoms with E-state index in [0.717, 1.165) is 23.9 Å². The minimum Gasteiger partial charge on any atom is -0.379 e. The van der Waals surface area contributed by atoms with Crippen molar-refractivity contribution in [2.45, 2.75) is 32.7 Å². The highest BCUT2D eigenvalue weighted by Crippen LogP contribution is 2.22. The van der Waals surface area contributed by atoms with Crippen LogP contribution >= 0.6 is 15.9 Å². The van der Waals surface area contributed by atoms with Gasteiger partial charge in [-0.1, -0.05) is 29.8 Å². The summed E-state index contributed by atoms with van der Waals surface area (Å²) in [7, 11) is 0. The van der Waals surface area contributed by atoms with Gasteiger partial charge in [-0.05, 0) is 37.6 Å². The second-order valence-corrected chi connectivity index (χ2v) is 5.16. The number of hydrogen-bond acceptors (Lipinski definition) is 2. The van der Waals surface area contributed by atoms with Gasteiger partial charge in [-0.25, -0.2) is 4.39 Å². The normalized spacial score (nSPS) is 12.7. The van der Waals surface area contributed by atoms with Crippen molar-refractivity contribution in [3.05, 3.63) is 34.1 Å². The molecule has 0 bridgehead atoms. The maximum atomic E-state index is 13.8. The number of rotatable bonds is 8. The van der Waals surface area contributed by atoms with Crippen LogP contribution in [0.15, 0.2) is 22.7 Å². The molecule has 0 aromatic heterocycles. The van der Waals surface area contributed by atoms with E-state index < -0.39 is 0 Å². The molecule has 0 radical (unpaired) electrons. The predicted molar refractivity (Wildman–Crippen MR) is 76.2 cm³/mol. The first-order chi connectivity index (χ1) is 8.69. The molecule has 102 valence electrons. The van der Waals surface area contributed by atoms with E-state index in [-0.39, 0.29) is 11.9 Å². The van der Waals surface area contributed by atoms with Crippen molar-refractivity contribution in [1.29, 1.82) is 0 Å². The summed E-state index contributed by atoms with van der Waals surface area (Å²) in [5.74, 6) is -0.188. The average Bonchev–Trinajstić information content (AvgIpc) is 2.37. The molecule has 4 heteroatoms. The molecule has 1 unspecified atom stereocenters. The highest BCUT2D eigenvalue weighted by atomic mass is 79.9. The van der Waals surface area contributed by atoms with Gasteiger partial charge in [0.25, 0.3) is 0 Å². The minimum atomic E-state index is -0.188. The third kappa shape index (κ3) is 5.04. The lowest BCUT2D eigenvalue weighted by molar-refractivity contribution is 0.111. The summed E-state index contributed by atoms with van der Waals surface area (Å²) in [5.41, 5.74) is 0.661. The number of ether oxygens (including phenoxy) is 1. The zero-order chi connectivity index (χ0) is 13.4. The molecule has 1 aromatic carbocycles. The number of hydrogen-bond donors (Lipinski definition) is 1. The molecule has 0 amide bonds. The van der Waals surface area contributed by atoms with Crippen LogP contribution in [0.1, 0.15) is 38.3 Å². The molecule has 1 rings (SSSR count). The maximum Gasteiger partial charge on any atom is 0.128 e. The van der Waals surface area contributed by atoms with Gasteiger partial charge < -0.3 is 10.1 Å². The summed E-state index contributed by atoms with van der Waals surface area (Å²) in [6.07, 6.45) is 1.99. The van der Waals surface area contributed by atoms with Crippen LogP contribution in [0.4, 0.5) is 4.39 Å². The molecular weight excluding hydrogens is 297 g/mol. The molecule has 0 spiro atoms. The Kier molecular flexibility index (Phi) is 7.47. The lowest BCUT2D eigenvalue weighted by atomic mass is 10.1. The summed E-state index contributed by atoms with van der Waals surface area (Å²) in [6, 6.07) is 4.93. The van der Waals surface area contributed by atoms with Crippen LogP contribution in [0.25, 0.3) is 0 Å². The van der Waals surface area contributed by atoms with Crippen LogP contribution in [0.2, 0.25) is 0 Å². The molecule has 1 N–H and O–H groups in total. The average molecular weight is 318 g/mol. The second kappa shape index (κ2) is 8.62. The molecule has 0 aliphatic heterocycles. The van der Waals surface area contributed by atoms with Crippen molar-refractivity contribution in [3.63, 3.8) is 0 Å². The monoisotopic (exact) mass is 317 g/mol. The van der Waals surface area contributed by atoms with E-state index in [9.17, 15) is 4.39 Å². The summed E-state index contributed by atoms with van der Waals surface area (Å²) in [4.78, 5) is 0. The van der Waals surface area contributed by atoms with E-state index in [1.807, 2.05) is 6.07 Å². The smallest absolute Gasteiger partial charge is 0.128 e. The largest absolute Gasteiger partial charge is 0.379 e. The highest BCUT2D eigenvalue weighted by molar-refractivity contribution is 9.10. The lowest BCUT2D eigenvalue weighted by Crippen LogP contribution is -2.27. The molecule has 0 fully saturated rings. The first kappa shape index (κ1) is 15.6. The topological polar surface area (TPSA) is 21.3 Å². The molecule has 0 heterocycles. The fourth-order valence-electron chi connectivity index (χ4n) is 1.70. The van der Waals surface area contributed by atoms with Crippen LogP contribution < -0.4 is 5.32 Å². The van der Waals surface area contributed by atoms with Gasteiger partial charge in [0.2, 0.25) is 0 Å². The predicted octanol–water partition coefficient (Wildman–Crippen LogP) is 4.06. The summed E-state index contributed by atoms with van der Waals surface area (Å²) in [6.45, 7) is 6.22. The van der Waals surface area contributed by atoms with Crippen LogP contribution in [-0.4, -0.2) is 19.8 Å². The van der Waals surface area contributed by atoms with Crippen molar-refractivity contribution in [2.24, 2.45) is 0 Å². The number of nitrogens with one attached hydrogen (secondary N) is 1. The van der Waals surface area contributed by atoms with Crippen LogP contribution in [-0.2, 0) is 4.74 Å². The van der Waals surface area contributed by atoms with Crippen molar-refractivity contribution in [1.82, 2.24) is 5.32 Å². The Labute approximate surface area is 117 Å². The van der Waals surface area contributed by atoms with Crippen LogP contribution in [0.5, 0.6) is 0 Å². The summed E-state index contributed by atoms with van der Waals surface area (Å²) < 4.78 is 20.3. The molecule has 0 aliphatic rings. The first-order valence-electron chi connectivity index (χ1n) is 6.45. The van der Waals surface area contributed by atoms with Crippen molar-refractivity contribution < 1.29 is 9.13 Å². The second-order valence-electron chi connectivity index (χ2n) is 4.25. The van der Waals surface area contributed by atoms with Crippen LogP contribution in [0, 0.1) is 5.82 Å². The van der Waals surface area contributed by atoms with E-state index in [1.165, 1.54) is 6.07 Å². The van der Waals surface area contributed by atoms with Gasteiger partial charge in [0.15, 0.2) is 0 Å². The Morgan fingerprint density at radius 3 is 2.78 bits per heavy atom. The van der Waals surface area contributed by atoms with Gasteiger partial charge in [0, 0.05) is 16.6 Å². The van der Waals surface area contributed by atoms with Gasteiger partial charge in [-0.3, -0.25) is 0 Å². The Morgan fingerprint density at radius 2 is 2.11 bits per heavy atom. The molecule has 1 atom stereocenters. The van der Waals surface area contributed by atoms with Gasteiger partial charge in [-0.2, -0.15) is 0 Å². The fourth-order valence-corrected chi connectivity index (χ4v) is 2.08. The molecule has 0 saturated carbocycles. The van der Waals surface area contributed by atoms with Gasteiger partial charge in [0.1, 0.15) is 5.82 Å². The van der Waals surface area contributed by atoms with E-state index >= 15 is 0 Å². The standard InChI is InChI=1S/C14H21BrFNO/c1-3-7-17-14(10-18-8-4-2)12-9-11(15)5-6-13(12)16/h5-6,9,14,17H,3-4,7-8,10H2,1-2H3. The van der Waals surface area contributed by atoms with Gasteiger partial charge in [0.05, 0.1) is 12.6 Å². The van der Waals surface area contributed by atoms with Gasteiger partial charge in [-0.15, -0.1) is 0 Å². The zero-order valence-corrected chi connectivity index (χ0v) is 12.6. The fraction of sp³-hybridized carbons (Fsp3) is 0.571. The van der Waals surface area contributed by atoms with E-state index in [0.29, 0.717) is 18.8 Å². The Morgan fingerprint density at radius 1 is 1.33 bits per heavy atom. The quantitative estimate of drug-likeness (QED) is 0.730.